The van der Waals surface area contributed by atoms with Gasteiger partial charge in [-0.1, -0.05) is 12.1 Å². The van der Waals surface area contributed by atoms with E-state index in [1.807, 2.05) is 0 Å². The second-order valence-corrected chi connectivity index (χ2v) is 7.93. The van der Waals surface area contributed by atoms with Gasteiger partial charge in [-0.3, -0.25) is 19.6 Å². The van der Waals surface area contributed by atoms with Gasteiger partial charge in [0.1, 0.15) is 5.82 Å². The molecule has 0 radical (unpaired) electrons. The van der Waals surface area contributed by atoms with Gasteiger partial charge in [-0.15, -0.1) is 0 Å². The highest BCUT2D eigenvalue weighted by Gasteiger charge is 2.17. The number of nitrogens with zero attached hydrogens (tertiary/aromatic N) is 1. The van der Waals surface area contributed by atoms with Crippen LogP contribution in [0.4, 0.5) is 21.5 Å². The summed E-state index contributed by atoms with van der Waals surface area (Å²) in [6, 6.07) is 15.9. The Balaban J connectivity index is 1.74. The highest BCUT2D eigenvalue weighted by atomic mass is 32.2. The molecule has 0 unspecified atom stereocenters. The lowest BCUT2D eigenvalue weighted by atomic mass is 10.1. The summed E-state index contributed by atoms with van der Waals surface area (Å²) in [4.78, 5) is 22.1. The zero-order valence-corrected chi connectivity index (χ0v) is 16.7. The van der Waals surface area contributed by atoms with Crippen molar-refractivity contribution in [2.24, 2.45) is 0 Å². The molecule has 0 bridgehead atoms. The number of halogens is 1. The number of carbonyl (C=O) groups is 1. The van der Waals surface area contributed by atoms with Gasteiger partial charge in [0, 0.05) is 30.0 Å². The predicted octanol–water partition coefficient (Wildman–Crippen LogP) is 4.34. The number of non-ortho nitro benzene ring substituents is 1. The van der Waals surface area contributed by atoms with Crippen molar-refractivity contribution in [2.45, 2.75) is 4.90 Å². The molecule has 10 heteroatoms. The second-order valence-electron chi connectivity index (χ2n) is 6.25. The molecule has 31 heavy (non-hydrogen) atoms. The maximum absolute atomic E-state index is 13.0. The molecule has 0 fully saturated rings. The highest BCUT2D eigenvalue weighted by molar-refractivity contribution is 7.92. The summed E-state index contributed by atoms with van der Waals surface area (Å²) in [7, 11) is -4.01. The first-order valence-corrected chi connectivity index (χ1v) is 10.3. The van der Waals surface area contributed by atoms with Crippen LogP contribution in [0.25, 0.3) is 0 Å². The third-order valence-electron chi connectivity index (χ3n) is 4.13. The van der Waals surface area contributed by atoms with Crippen LogP contribution < -0.4 is 10.0 Å². The lowest BCUT2D eigenvalue weighted by Gasteiger charge is -2.12. The van der Waals surface area contributed by atoms with Gasteiger partial charge in [0.25, 0.3) is 15.7 Å². The van der Waals surface area contributed by atoms with Crippen LogP contribution in [-0.4, -0.2) is 19.1 Å². The maximum atomic E-state index is 13.0. The second kappa shape index (κ2) is 9.18. The smallest absolute Gasteiger partial charge is 0.269 e. The standard InChI is InChI=1S/C21H16FN3O5S/c22-16-7-5-15(6-8-16)21(26)13-14-23-19-3-1-2-4-20(19)24-31(29,30)18-11-9-17(10-12-18)25(27)28/h1-14,23-24H/b14-13+. The number of nitro groups is 1. The van der Waals surface area contributed by atoms with Crippen LogP contribution in [0.1, 0.15) is 10.4 Å². The number of nitro benzene ring substituents is 1. The van der Waals surface area contributed by atoms with Gasteiger partial charge in [-0.2, -0.15) is 0 Å². The van der Waals surface area contributed by atoms with Crippen LogP contribution in [0.3, 0.4) is 0 Å². The summed E-state index contributed by atoms with van der Waals surface area (Å²) in [6.07, 6.45) is 2.57. The number of nitrogens with one attached hydrogen (secondary N) is 2. The van der Waals surface area contributed by atoms with Crippen molar-refractivity contribution in [3.8, 4) is 0 Å². The Morgan fingerprint density at radius 1 is 0.935 bits per heavy atom. The number of para-hydroxylation sites is 2. The van der Waals surface area contributed by atoms with Crippen LogP contribution in [0.15, 0.2) is 90.0 Å². The molecule has 0 saturated heterocycles. The van der Waals surface area contributed by atoms with E-state index >= 15 is 0 Å². The van der Waals surface area contributed by atoms with E-state index in [9.17, 15) is 27.7 Å². The van der Waals surface area contributed by atoms with Crippen molar-refractivity contribution < 1.29 is 22.5 Å². The van der Waals surface area contributed by atoms with Gasteiger partial charge in [-0.25, -0.2) is 12.8 Å². The molecule has 2 N–H and O–H groups in total. The van der Waals surface area contributed by atoms with E-state index in [1.54, 1.807) is 18.2 Å². The van der Waals surface area contributed by atoms with Gasteiger partial charge in [0.2, 0.25) is 0 Å². The number of ketones is 1. The van der Waals surface area contributed by atoms with Crippen LogP contribution in [0.5, 0.6) is 0 Å². The summed E-state index contributed by atoms with van der Waals surface area (Å²) < 4.78 is 40.6. The summed E-state index contributed by atoms with van der Waals surface area (Å²) in [5.41, 5.74) is 0.652. The summed E-state index contributed by atoms with van der Waals surface area (Å²) in [5, 5.41) is 13.6. The normalized spacial score (nSPS) is 11.3. The molecule has 0 heterocycles. The number of sulfonamides is 1. The molecule has 0 aromatic heterocycles. The zero-order chi connectivity index (χ0) is 22.4. The van der Waals surface area contributed by atoms with E-state index in [1.165, 1.54) is 42.6 Å². The van der Waals surface area contributed by atoms with Gasteiger partial charge >= 0.3 is 0 Å². The molecule has 0 saturated carbocycles. The third-order valence-corrected chi connectivity index (χ3v) is 5.51. The third kappa shape index (κ3) is 5.52. The van der Waals surface area contributed by atoms with Crippen molar-refractivity contribution >= 4 is 32.9 Å². The Morgan fingerprint density at radius 2 is 1.55 bits per heavy atom. The average molecular weight is 441 g/mol. The number of hydrogen-bond acceptors (Lipinski definition) is 6. The minimum Gasteiger partial charge on any atom is -0.360 e. The lowest BCUT2D eigenvalue weighted by molar-refractivity contribution is -0.384. The summed E-state index contributed by atoms with van der Waals surface area (Å²) >= 11 is 0. The number of benzene rings is 3. The SMILES string of the molecule is O=C(/C=C/Nc1ccccc1NS(=O)(=O)c1ccc([N+](=O)[O-])cc1)c1ccc(F)cc1. The molecule has 0 aliphatic rings. The fourth-order valence-corrected chi connectivity index (χ4v) is 3.65. The molecule has 0 aliphatic heterocycles. The Labute approximate surface area is 177 Å². The van der Waals surface area contributed by atoms with Gasteiger partial charge in [-0.05, 0) is 48.5 Å². The minimum atomic E-state index is -4.01. The first kappa shape index (κ1) is 21.7. The van der Waals surface area contributed by atoms with Crippen molar-refractivity contribution in [2.75, 3.05) is 10.0 Å². The quantitative estimate of drug-likeness (QED) is 0.232. The van der Waals surface area contributed by atoms with Crippen molar-refractivity contribution in [1.29, 1.82) is 0 Å². The van der Waals surface area contributed by atoms with Crippen molar-refractivity contribution in [3.63, 3.8) is 0 Å². The van der Waals surface area contributed by atoms with Crippen molar-refractivity contribution in [3.05, 3.63) is 107 Å². The van der Waals surface area contributed by atoms with Crippen LogP contribution in [0.2, 0.25) is 0 Å². The highest BCUT2D eigenvalue weighted by Crippen LogP contribution is 2.25. The van der Waals surface area contributed by atoms with Gasteiger partial charge in [0.05, 0.1) is 21.2 Å². The molecule has 0 spiro atoms. The summed E-state index contributed by atoms with van der Waals surface area (Å²) in [6.45, 7) is 0. The summed E-state index contributed by atoms with van der Waals surface area (Å²) in [5.74, 6) is -0.815. The maximum Gasteiger partial charge on any atom is 0.269 e. The van der Waals surface area contributed by atoms with E-state index in [0.717, 1.165) is 24.3 Å². The predicted molar refractivity (Wildman–Crippen MR) is 114 cm³/mol. The number of rotatable bonds is 8. The first-order chi connectivity index (χ1) is 14.8. The van der Waals surface area contributed by atoms with Gasteiger partial charge in [0.15, 0.2) is 5.78 Å². The monoisotopic (exact) mass is 441 g/mol. The largest absolute Gasteiger partial charge is 0.360 e. The van der Waals surface area contributed by atoms with E-state index in [0.29, 0.717) is 11.3 Å². The number of anilines is 2. The van der Waals surface area contributed by atoms with Gasteiger partial charge < -0.3 is 5.32 Å². The number of carbonyl (C=O) groups excluding carboxylic acids is 1. The lowest BCUT2D eigenvalue weighted by Crippen LogP contribution is -2.14. The number of allylic oxidation sites excluding steroid dienone is 1. The Morgan fingerprint density at radius 3 is 2.16 bits per heavy atom. The molecule has 0 atom stereocenters. The molecule has 158 valence electrons. The van der Waals surface area contributed by atoms with E-state index in [4.69, 9.17) is 0 Å². The van der Waals surface area contributed by atoms with E-state index in [2.05, 4.69) is 10.0 Å². The first-order valence-electron chi connectivity index (χ1n) is 8.85. The molecule has 0 amide bonds. The average Bonchev–Trinajstić information content (AvgIpc) is 2.75. The van der Waals surface area contributed by atoms with E-state index < -0.39 is 20.8 Å². The minimum absolute atomic E-state index is 0.144. The molecular weight excluding hydrogens is 425 g/mol. The van der Waals surface area contributed by atoms with Crippen molar-refractivity contribution in [1.82, 2.24) is 0 Å². The fraction of sp³-hybridized carbons (Fsp3) is 0. The molecular formula is C21H16FN3O5S. The van der Waals surface area contributed by atoms with Crippen LogP contribution in [-0.2, 0) is 10.0 Å². The molecule has 3 aromatic rings. The van der Waals surface area contributed by atoms with E-state index in [-0.39, 0.29) is 22.1 Å². The molecule has 3 rings (SSSR count). The topological polar surface area (TPSA) is 118 Å². The van der Waals surface area contributed by atoms with Crippen LogP contribution >= 0.6 is 0 Å². The zero-order valence-electron chi connectivity index (χ0n) is 15.9. The Kier molecular flexibility index (Phi) is 6.41. The Hall–Kier alpha value is -4.05. The Bertz CT molecular complexity index is 1240. The van der Waals surface area contributed by atoms with Crippen LogP contribution in [0, 0.1) is 15.9 Å². The molecule has 8 nitrogen and oxygen atoms in total. The number of hydrogen-bond donors (Lipinski definition) is 2. The molecule has 3 aromatic carbocycles. The fourth-order valence-electron chi connectivity index (χ4n) is 2.57. The molecule has 0 aliphatic carbocycles.